The molecule has 2 aliphatic heterocycles. The Kier molecular flexibility index (Phi) is 5.45. The Morgan fingerprint density at radius 2 is 1.97 bits per heavy atom. The van der Waals surface area contributed by atoms with Gasteiger partial charge in [0.15, 0.2) is 5.16 Å². The number of hydrogen-bond donors (Lipinski definition) is 1. The van der Waals surface area contributed by atoms with Crippen molar-refractivity contribution in [2.75, 3.05) is 29.1 Å². The van der Waals surface area contributed by atoms with Gasteiger partial charge in [-0.2, -0.15) is 0 Å². The summed E-state index contributed by atoms with van der Waals surface area (Å²) in [7, 11) is 0. The summed E-state index contributed by atoms with van der Waals surface area (Å²) in [5.74, 6) is 1.92. The standard InChI is InChI=1S/C21H26N6O2S/c28-19(25-17-11-18(23-13-22-17)26-8-4-1-5-9-26)10-14-12-30-21-24-16-7-3-2-6-15(16)20(29)27(14)21/h11,13-14H,1-10,12H2,(H,22,23,25,28). The van der Waals surface area contributed by atoms with Crippen molar-refractivity contribution in [2.45, 2.75) is 62.6 Å². The van der Waals surface area contributed by atoms with Crippen molar-refractivity contribution in [3.8, 4) is 0 Å². The second kappa shape index (κ2) is 8.37. The molecule has 30 heavy (non-hydrogen) atoms. The topological polar surface area (TPSA) is 93.0 Å². The molecule has 1 aliphatic carbocycles. The molecule has 1 unspecified atom stereocenters. The number of nitrogens with one attached hydrogen (secondary N) is 1. The highest BCUT2D eigenvalue weighted by Crippen LogP contribution is 2.34. The number of carbonyl (C=O) groups is 1. The molecule has 9 heteroatoms. The van der Waals surface area contributed by atoms with E-state index in [4.69, 9.17) is 4.98 Å². The predicted octanol–water partition coefficient (Wildman–Crippen LogP) is 2.58. The van der Waals surface area contributed by atoms with Crippen LogP contribution in [0.4, 0.5) is 11.6 Å². The van der Waals surface area contributed by atoms with Crippen LogP contribution in [0.3, 0.4) is 0 Å². The molecular formula is C21H26N6O2S. The van der Waals surface area contributed by atoms with Crippen molar-refractivity contribution in [3.05, 3.63) is 34.0 Å². The number of amides is 1. The van der Waals surface area contributed by atoms with Crippen molar-refractivity contribution in [3.63, 3.8) is 0 Å². The number of hydrogen-bond acceptors (Lipinski definition) is 7. The molecule has 4 heterocycles. The van der Waals surface area contributed by atoms with Crippen LogP contribution in [0.2, 0.25) is 0 Å². The summed E-state index contributed by atoms with van der Waals surface area (Å²) < 4.78 is 1.74. The second-order valence-electron chi connectivity index (χ2n) is 8.23. The molecule has 158 valence electrons. The van der Waals surface area contributed by atoms with Gasteiger partial charge in [0.1, 0.15) is 18.0 Å². The summed E-state index contributed by atoms with van der Waals surface area (Å²) in [6, 6.07) is 1.67. The van der Waals surface area contributed by atoms with Crippen LogP contribution in [-0.2, 0) is 17.6 Å². The van der Waals surface area contributed by atoms with Gasteiger partial charge in [-0.1, -0.05) is 11.8 Å². The van der Waals surface area contributed by atoms with Crippen LogP contribution in [0.1, 0.15) is 55.8 Å². The molecule has 0 aromatic carbocycles. The SMILES string of the molecule is O=C(CC1CSc2nc3c(c(=O)n21)CCCC3)Nc1cc(N2CCCCC2)ncn1. The molecule has 8 nitrogen and oxygen atoms in total. The Bertz CT molecular complexity index is 1020. The van der Waals surface area contributed by atoms with Gasteiger partial charge in [-0.25, -0.2) is 15.0 Å². The van der Waals surface area contributed by atoms with Crippen LogP contribution >= 0.6 is 11.8 Å². The molecule has 1 N–H and O–H groups in total. The van der Waals surface area contributed by atoms with Gasteiger partial charge in [0.2, 0.25) is 5.91 Å². The van der Waals surface area contributed by atoms with E-state index in [0.29, 0.717) is 11.6 Å². The van der Waals surface area contributed by atoms with E-state index in [2.05, 4.69) is 20.2 Å². The van der Waals surface area contributed by atoms with Crippen LogP contribution in [0.25, 0.3) is 0 Å². The van der Waals surface area contributed by atoms with E-state index in [9.17, 15) is 9.59 Å². The predicted molar refractivity (Wildman–Crippen MR) is 116 cm³/mol. The average molecular weight is 427 g/mol. The third-order valence-electron chi connectivity index (χ3n) is 6.14. The summed E-state index contributed by atoms with van der Waals surface area (Å²) in [6.07, 6.45) is 9.14. The van der Waals surface area contributed by atoms with Gasteiger partial charge in [0.05, 0.1) is 11.7 Å². The molecule has 1 amide bonds. The maximum atomic E-state index is 13.0. The normalized spacial score (nSPS) is 20.5. The highest BCUT2D eigenvalue weighted by molar-refractivity contribution is 7.99. The Morgan fingerprint density at radius 3 is 2.83 bits per heavy atom. The lowest BCUT2D eigenvalue weighted by Crippen LogP contribution is -2.32. The fourth-order valence-corrected chi connectivity index (χ4v) is 5.74. The third kappa shape index (κ3) is 3.82. The number of aryl methyl sites for hydroxylation is 1. The molecule has 1 fully saturated rings. The quantitative estimate of drug-likeness (QED) is 0.751. The summed E-state index contributed by atoms with van der Waals surface area (Å²) in [5.41, 5.74) is 1.85. The Labute approximate surface area is 179 Å². The fourth-order valence-electron chi connectivity index (χ4n) is 4.58. The van der Waals surface area contributed by atoms with Crippen LogP contribution < -0.4 is 15.8 Å². The summed E-state index contributed by atoms with van der Waals surface area (Å²) in [5, 5.41) is 3.66. The van der Waals surface area contributed by atoms with Gasteiger partial charge in [0, 0.05) is 36.9 Å². The first kappa shape index (κ1) is 19.5. The van der Waals surface area contributed by atoms with Crippen molar-refractivity contribution >= 4 is 29.3 Å². The molecule has 0 saturated carbocycles. The van der Waals surface area contributed by atoms with Crippen molar-refractivity contribution in [1.82, 2.24) is 19.5 Å². The molecule has 0 bridgehead atoms. The number of fused-ring (bicyclic) bond motifs is 2. The Morgan fingerprint density at radius 1 is 1.13 bits per heavy atom. The zero-order valence-electron chi connectivity index (χ0n) is 17.0. The van der Waals surface area contributed by atoms with E-state index in [1.54, 1.807) is 16.3 Å². The lowest BCUT2D eigenvalue weighted by molar-refractivity contribution is -0.116. The Balaban J connectivity index is 1.29. The zero-order valence-corrected chi connectivity index (χ0v) is 17.8. The number of nitrogens with zero attached hydrogens (tertiary/aromatic N) is 5. The largest absolute Gasteiger partial charge is 0.356 e. The molecule has 2 aromatic heterocycles. The van der Waals surface area contributed by atoms with Gasteiger partial charge >= 0.3 is 0 Å². The van der Waals surface area contributed by atoms with Crippen molar-refractivity contribution in [1.29, 1.82) is 0 Å². The molecular weight excluding hydrogens is 400 g/mol. The van der Waals surface area contributed by atoms with E-state index in [1.807, 2.05) is 6.07 Å². The minimum absolute atomic E-state index is 0.0481. The maximum Gasteiger partial charge on any atom is 0.257 e. The van der Waals surface area contributed by atoms with Crippen LogP contribution in [-0.4, -0.2) is 44.3 Å². The van der Waals surface area contributed by atoms with Crippen LogP contribution in [0.15, 0.2) is 22.3 Å². The first-order valence-corrected chi connectivity index (χ1v) is 11.8. The van der Waals surface area contributed by atoms with Gasteiger partial charge in [-0.05, 0) is 44.9 Å². The van der Waals surface area contributed by atoms with Gasteiger partial charge in [0.25, 0.3) is 5.56 Å². The van der Waals surface area contributed by atoms with Gasteiger partial charge in [-0.3, -0.25) is 14.2 Å². The zero-order chi connectivity index (χ0) is 20.5. The average Bonchev–Trinajstić information content (AvgIpc) is 3.17. The minimum Gasteiger partial charge on any atom is -0.356 e. The smallest absolute Gasteiger partial charge is 0.257 e. The van der Waals surface area contributed by atoms with E-state index in [-0.39, 0.29) is 23.9 Å². The number of rotatable bonds is 4. The van der Waals surface area contributed by atoms with Gasteiger partial charge < -0.3 is 10.2 Å². The van der Waals surface area contributed by atoms with Gasteiger partial charge in [-0.15, -0.1) is 0 Å². The lowest BCUT2D eigenvalue weighted by Gasteiger charge is -2.27. The third-order valence-corrected chi connectivity index (χ3v) is 7.24. The maximum absolute atomic E-state index is 13.0. The first-order valence-electron chi connectivity index (χ1n) is 10.8. The van der Waals surface area contributed by atoms with E-state index >= 15 is 0 Å². The van der Waals surface area contributed by atoms with E-state index in [0.717, 1.165) is 73.8 Å². The molecule has 5 rings (SSSR count). The van der Waals surface area contributed by atoms with Crippen molar-refractivity contribution < 1.29 is 4.79 Å². The number of anilines is 2. The highest BCUT2D eigenvalue weighted by atomic mass is 32.2. The minimum atomic E-state index is -0.166. The monoisotopic (exact) mass is 426 g/mol. The van der Waals surface area contributed by atoms with E-state index in [1.165, 1.54) is 12.7 Å². The first-order chi connectivity index (χ1) is 14.7. The number of thioether (sulfide) groups is 1. The molecule has 1 atom stereocenters. The van der Waals surface area contributed by atoms with Crippen LogP contribution in [0, 0.1) is 0 Å². The summed E-state index contributed by atoms with van der Waals surface area (Å²) in [4.78, 5) is 41.3. The number of piperidine rings is 1. The summed E-state index contributed by atoms with van der Waals surface area (Å²) in [6.45, 7) is 1.97. The number of aromatic nitrogens is 4. The molecule has 0 radical (unpaired) electrons. The fraction of sp³-hybridized carbons (Fsp3) is 0.571. The van der Waals surface area contributed by atoms with Crippen molar-refractivity contribution in [2.24, 2.45) is 0 Å². The van der Waals surface area contributed by atoms with E-state index < -0.39 is 0 Å². The molecule has 3 aliphatic rings. The number of carbonyl (C=O) groups excluding carboxylic acids is 1. The molecule has 0 spiro atoms. The van der Waals surface area contributed by atoms with Crippen LogP contribution in [0.5, 0.6) is 0 Å². The highest BCUT2D eigenvalue weighted by Gasteiger charge is 2.30. The molecule has 2 aromatic rings. The second-order valence-corrected chi connectivity index (χ2v) is 9.22. The summed E-state index contributed by atoms with van der Waals surface area (Å²) >= 11 is 1.57. The Hall–Kier alpha value is -2.42. The lowest BCUT2D eigenvalue weighted by atomic mass is 9.97. The molecule has 1 saturated heterocycles.